The van der Waals surface area contributed by atoms with Crippen LogP contribution in [-0.4, -0.2) is 28.5 Å². The molecule has 0 saturated carbocycles. The van der Waals surface area contributed by atoms with Crippen molar-refractivity contribution in [2.45, 2.75) is 31.5 Å². The zero-order valence-electron chi connectivity index (χ0n) is 12.9. The Balaban J connectivity index is 1.94. The van der Waals surface area contributed by atoms with E-state index >= 15 is 0 Å². The van der Waals surface area contributed by atoms with E-state index in [0.29, 0.717) is 23.7 Å². The van der Waals surface area contributed by atoms with Crippen molar-refractivity contribution < 1.29 is 14.6 Å². The lowest BCUT2D eigenvalue weighted by atomic mass is 9.80. The number of aliphatic hydroxyl groups is 1. The van der Waals surface area contributed by atoms with Crippen molar-refractivity contribution >= 4 is 0 Å². The lowest BCUT2D eigenvalue weighted by Gasteiger charge is -2.33. The number of benzene rings is 1. The van der Waals surface area contributed by atoms with E-state index in [2.05, 4.69) is 23.2 Å². The van der Waals surface area contributed by atoms with Crippen LogP contribution in [0.2, 0.25) is 0 Å². The molecule has 1 heterocycles. The predicted octanol–water partition coefficient (Wildman–Crippen LogP) is 2.35. The standard InChI is InChI=1S/C17H17N3O3/c1-10-7-14(21)17(13-8-11(9-18)3-4-12(10)13)23-16-6-5-15(22-2)19-20-16/h3-6,8,10,14,17,21H,7H2,1-2H3. The molecule has 3 unspecified atom stereocenters. The first kappa shape index (κ1) is 15.3. The van der Waals surface area contributed by atoms with E-state index in [0.717, 1.165) is 11.1 Å². The van der Waals surface area contributed by atoms with Crippen LogP contribution in [0, 0.1) is 11.3 Å². The average Bonchev–Trinajstić information content (AvgIpc) is 2.58. The van der Waals surface area contributed by atoms with Crippen LogP contribution in [0.3, 0.4) is 0 Å². The van der Waals surface area contributed by atoms with Crippen LogP contribution in [0.5, 0.6) is 11.8 Å². The smallest absolute Gasteiger partial charge is 0.234 e. The van der Waals surface area contributed by atoms with Gasteiger partial charge in [-0.1, -0.05) is 13.0 Å². The minimum absolute atomic E-state index is 0.203. The van der Waals surface area contributed by atoms with Gasteiger partial charge in [0, 0.05) is 12.1 Å². The van der Waals surface area contributed by atoms with Gasteiger partial charge in [-0.2, -0.15) is 5.26 Å². The summed E-state index contributed by atoms with van der Waals surface area (Å²) in [6, 6.07) is 10.9. The summed E-state index contributed by atoms with van der Waals surface area (Å²) in [7, 11) is 1.51. The molecule has 1 aliphatic rings. The molecule has 0 saturated heterocycles. The Morgan fingerprint density at radius 2 is 1.91 bits per heavy atom. The van der Waals surface area contributed by atoms with Gasteiger partial charge in [0.1, 0.15) is 0 Å². The molecule has 1 aliphatic carbocycles. The third-order valence-electron chi connectivity index (χ3n) is 4.07. The van der Waals surface area contributed by atoms with Crippen LogP contribution >= 0.6 is 0 Å². The SMILES string of the molecule is COc1ccc(OC2c3cc(C#N)ccc3C(C)CC2O)nn1. The second-order valence-electron chi connectivity index (χ2n) is 5.61. The van der Waals surface area contributed by atoms with Crippen LogP contribution < -0.4 is 9.47 Å². The van der Waals surface area contributed by atoms with E-state index in [9.17, 15) is 5.11 Å². The van der Waals surface area contributed by atoms with Gasteiger partial charge in [-0.15, -0.1) is 10.2 Å². The van der Waals surface area contributed by atoms with Crippen molar-refractivity contribution in [3.8, 4) is 17.8 Å². The number of nitrogens with zero attached hydrogens (tertiary/aromatic N) is 3. The third kappa shape index (κ3) is 2.96. The maximum atomic E-state index is 10.4. The van der Waals surface area contributed by atoms with E-state index in [-0.39, 0.29) is 5.92 Å². The highest BCUT2D eigenvalue weighted by molar-refractivity contribution is 5.43. The molecule has 1 N–H and O–H groups in total. The molecule has 0 aliphatic heterocycles. The molecule has 3 atom stereocenters. The number of hydrogen-bond acceptors (Lipinski definition) is 6. The first-order chi connectivity index (χ1) is 11.1. The lowest BCUT2D eigenvalue weighted by molar-refractivity contribution is 0.0143. The summed E-state index contributed by atoms with van der Waals surface area (Å²) >= 11 is 0. The zero-order chi connectivity index (χ0) is 16.4. The first-order valence-corrected chi connectivity index (χ1v) is 7.38. The molecular weight excluding hydrogens is 294 g/mol. The Morgan fingerprint density at radius 1 is 1.17 bits per heavy atom. The number of rotatable bonds is 3. The van der Waals surface area contributed by atoms with Gasteiger partial charge in [-0.25, -0.2) is 0 Å². The minimum Gasteiger partial charge on any atom is -0.480 e. The maximum absolute atomic E-state index is 10.4. The summed E-state index contributed by atoms with van der Waals surface area (Å²) in [5.74, 6) is 0.898. The van der Waals surface area contributed by atoms with Crippen molar-refractivity contribution in [3.05, 3.63) is 47.0 Å². The number of fused-ring (bicyclic) bond motifs is 1. The topological polar surface area (TPSA) is 88.3 Å². The summed E-state index contributed by atoms with van der Waals surface area (Å²) in [4.78, 5) is 0. The summed E-state index contributed by atoms with van der Waals surface area (Å²) in [5.41, 5.74) is 2.45. The quantitative estimate of drug-likeness (QED) is 0.936. The van der Waals surface area contributed by atoms with Crippen LogP contribution in [0.25, 0.3) is 0 Å². The van der Waals surface area contributed by atoms with Gasteiger partial charge in [0.15, 0.2) is 6.10 Å². The van der Waals surface area contributed by atoms with Gasteiger partial charge in [0.05, 0.1) is 24.8 Å². The van der Waals surface area contributed by atoms with Gasteiger partial charge in [0.2, 0.25) is 11.8 Å². The minimum atomic E-state index is -0.671. The second-order valence-corrected chi connectivity index (χ2v) is 5.61. The number of hydrogen-bond donors (Lipinski definition) is 1. The van der Waals surface area contributed by atoms with Crippen LogP contribution in [0.15, 0.2) is 30.3 Å². The van der Waals surface area contributed by atoms with Crippen molar-refractivity contribution in [2.24, 2.45) is 0 Å². The van der Waals surface area contributed by atoms with Crippen molar-refractivity contribution in [1.82, 2.24) is 10.2 Å². The Bertz CT molecular complexity index is 740. The highest BCUT2D eigenvalue weighted by Gasteiger charge is 2.34. The molecule has 0 spiro atoms. The summed E-state index contributed by atoms with van der Waals surface area (Å²) in [6.07, 6.45) is -0.653. The lowest BCUT2D eigenvalue weighted by Crippen LogP contribution is -2.31. The van der Waals surface area contributed by atoms with Crippen LogP contribution in [-0.2, 0) is 0 Å². The number of aliphatic hydroxyl groups excluding tert-OH is 1. The Morgan fingerprint density at radius 3 is 2.57 bits per heavy atom. The van der Waals surface area contributed by atoms with E-state index < -0.39 is 12.2 Å². The van der Waals surface area contributed by atoms with Gasteiger partial charge >= 0.3 is 0 Å². The Labute approximate surface area is 134 Å². The highest BCUT2D eigenvalue weighted by atomic mass is 16.5. The Hall–Kier alpha value is -2.65. The second kappa shape index (κ2) is 6.23. The summed E-state index contributed by atoms with van der Waals surface area (Å²) in [6.45, 7) is 2.05. The van der Waals surface area contributed by atoms with Crippen LogP contribution in [0.1, 0.15) is 42.1 Å². The van der Waals surface area contributed by atoms with E-state index in [4.69, 9.17) is 14.7 Å². The summed E-state index contributed by atoms with van der Waals surface area (Å²) in [5, 5.41) is 27.3. The fourth-order valence-corrected chi connectivity index (χ4v) is 2.91. The van der Waals surface area contributed by atoms with E-state index in [1.165, 1.54) is 7.11 Å². The largest absolute Gasteiger partial charge is 0.480 e. The Kier molecular flexibility index (Phi) is 4.13. The van der Waals surface area contributed by atoms with Gasteiger partial charge in [-0.05, 0) is 35.6 Å². The number of methoxy groups -OCH3 is 1. The molecule has 0 amide bonds. The number of ether oxygens (including phenoxy) is 2. The molecule has 3 rings (SSSR count). The van der Waals surface area contributed by atoms with Gasteiger partial charge < -0.3 is 14.6 Å². The van der Waals surface area contributed by atoms with Gasteiger partial charge in [0.25, 0.3) is 0 Å². The third-order valence-corrected chi connectivity index (χ3v) is 4.07. The van der Waals surface area contributed by atoms with Gasteiger partial charge in [-0.3, -0.25) is 0 Å². The molecule has 1 aromatic heterocycles. The van der Waals surface area contributed by atoms with Crippen molar-refractivity contribution in [2.75, 3.05) is 7.11 Å². The van der Waals surface area contributed by atoms with E-state index in [1.807, 2.05) is 6.07 Å². The van der Waals surface area contributed by atoms with E-state index in [1.54, 1.807) is 24.3 Å². The highest BCUT2D eigenvalue weighted by Crippen LogP contribution is 2.40. The molecule has 2 aromatic rings. The number of nitriles is 1. The molecule has 0 radical (unpaired) electrons. The summed E-state index contributed by atoms with van der Waals surface area (Å²) < 4.78 is 10.8. The fraction of sp³-hybridized carbons (Fsp3) is 0.353. The fourth-order valence-electron chi connectivity index (χ4n) is 2.91. The molecule has 6 nitrogen and oxygen atoms in total. The van der Waals surface area contributed by atoms with Crippen molar-refractivity contribution in [3.63, 3.8) is 0 Å². The predicted molar refractivity (Wildman–Crippen MR) is 82.1 cm³/mol. The average molecular weight is 311 g/mol. The monoisotopic (exact) mass is 311 g/mol. The maximum Gasteiger partial charge on any atom is 0.234 e. The van der Waals surface area contributed by atoms with Crippen molar-refractivity contribution in [1.29, 1.82) is 5.26 Å². The molecule has 0 fully saturated rings. The molecular formula is C17H17N3O3. The first-order valence-electron chi connectivity index (χ1n) is 7.38. The molecule has 0 bridgehead atoms. The molecule has 6 heteroatoms. The molecule has 1 aromatic carbocycles. The molecule has 118 valence electrons. The molecule has 23 heavy (non-hydrogen) atoms. The van der Waals surface area contributed by atoms with Crippen LogP contribution in [0.4, 0.5) is 0 Å². The normalized spacial score (nSPS) is 22.8. The zero-order valence-corrected chi connectivity index (χ0v) is 12.9. The number of aromatic nitrogens is 2.